The van der Waals surface area contributed by atoms with Gasteiger partial charge < -0.3 is 10.1 Å². The highest BCUT2D eigenvalue weighted by molar-refractivity contribution is 8.15. The zero-order valence-corrected chi connectivity index (χ0v) is 14.0. The smallest absolute Gasteiger partial charge is 0.309 e. The van der Waals surface area contributed by atoms with Crippen molar-refractivity contribution in [3.05, 3.63) is 0 Å². The van der Waals surface area contributed by atoms with Gasteiger partial charge in [0.05, 0.1) is 6.42 Å². The summed E-state index contributed by atoms with van der Waals surface area (Å²) in [7, 11) is 0. The van der Waals surface area contributed by atoms with Crippen molar-refractivity contribution in [1.29, 1.82) is 0 Å². The molecule has 0 aromatic heterocycles. The molecule has 2 amide bonds. The lowest BCUT2D eigenvalue weighted by molar-refractivity contribution is -0.157. The number of ether oxygens (including phenoxy) is 1. The van der Waals surface area contributed by atoms with Crippen LogP contribution in [0.5, 0.6) is 0 Å². The fraction of sp³-hybridized carbons (Fsp3) is 0.692. The van der Waals surface area contributed by atoms with Gasteiger partial charge in [-0.1, -0.05) is 11.8 Å². The minimum atomic E-state index is -0.911. The number of nitrogens with one attached hydrogen (secondary N) is 1. The molecule has 0 saturated carbocycles. The molecule has 0 saturated heterocycles. The topological polar surface area (TPSA) is 88.1 Å². The molecule has 0 aromatic rings. The maximum atomic E-state index is 12.0. The normalized spacial score (nSPS) is 21.8. The number of carbonyl (C=O) groups is 3. The Balaban J connectivity index is 2.86. The SMILES string of the molecule is CC(=O)NC1=NN(C(C)=O)C(C)(CC(=O)OC(C)(C)C)S1. The predicted molar refractivity (Wildman–Crippen MR) is 80.2 cm³/mol. The van der Waals surface area contributed by atoms with Crippen molar-refractivity contribution < 1.29 is 19.1 Å². The van der Waals surface area contributed by atoms with Gasteiger partial charge in [-0.25, -0.2) is 5.01 Å². The Morgan fingerprint density at radius 3 is 2.33 bits per heavy atom. The minimum Gasteiger partial charge on any atom is -0.460 e. The summed E-state index contributed by atoms with van der Waals surface area (Å²) in [5.74, 6) is -1.02. The van der Waals surface area contributed by atoms with Gasteiger partial charge in [0, 0.05) is 13.8 Å². The number of hydrogen-bond acceptors (Lipinski definition) is 6. The van der Waals surface area contributed by atoms with Gasteiger partial charge in [-0.05, 0) is 27.7 Å². The van der Waals surface area contributed by atoms with Crippen LogP contribution in [0.3, 0.4) is 0 Å². The molecule has 0 spiro atoms. The second kappa shape index (κ2) is 6.05. The first-order valence-corrected chi connectivity index (χ1v) is 7.32. The van der Waals surface area contributed by atoms with E-state index in [1.54, 1.807) is 27.7 Å². The monoisotopic (exact) mass is 315 g/mol. The zero-order valence-electron chi connectivity index (χ0n) is 13.1. The van der Waals surface area contributed by atoms with Gasteiger partial charge in [0.1, 0.15) is 10.5 Å². The van der Waals surface area contributed by atoms with Crippen LogP contribution in [0.4, 0.5) is 0 Å². The molecular formula is C13H21N3O4S. The number of rotatable bonds is 2. The van der Waals surface area contributed by atoms with Gasteiger partial charge in [0.2, 0.25) is 11.8 Å². The van der Waals surface area contributed by atoms with Crippen molar-refractivity contribution in [2.75, 3.05) is 0 Å². The average molecular weight is 315 g/mol. The molecule has 1 rings (SSSR count). The van der Waals surface area contributed by atoms with E-state index < -0.39 is 16.4 Å². The lowest BCUT2D eigenvalue weighted by Gasteiger charge is -2.31. The number of carbonyl (C=O) groups excluding carboxylic acids is 3. The third-order valence-corrected chi connectivity index (χ3v) is 3.56. The van der Waals surface area contributed by atoms with Crippen LogP contribution in [0, 0.1) is 0 Å². The van der Waals surface area contributed by atoms with Crippen molar-refractivity contribution in [3.8, 4) is 0 Å². The summed E-state index contributed by atoms with van der Waals surface area (Å²) in [5, 5.41) is 8.08. The van der Waals surface area contributed by atoms with Crippen LogP contribution in [0.2, 0.25) is 0 Å². The largest absolute Gasteiger partial charge is 0.460 e. The number of nitrogens with zero attached hydrogens (tertiary/aromatic N) is 2. The highest BCUT2D eigenvalue weighted by atomic mass is 32.2. The van der Waals surface area contributed by atoms with Crippen LogP contribution in [0.15, 0.2) is 5.10 Å². The molecule has 8 heteroatoms. The molecule has 1 N–H and O–H groups in total. The summed E-state index contributed by atoms with van der Waals surface area (Å²) >= 11 is 1.15. The van der Waals surface area contributed by atoms with Gasteiger partial charge in [-0.15, -0.1) is 5.10 Å². The van der Waals surface area contributed by atoms with Crippen LogP contribution >= 0.6 is 11.8 Å². The van der Waals surface area contributed by atoms with Crippen LogP contribution in [0.1, 0.15) is 48.0 Å². The van der Waals surface area contributed by atoms with E-state index in [-0.39, 0.29) is 18.2 Å². The first-order chi connectivity index (χ1) is 9.43. The van der Waals surface area contributed by atoms with Crippen LogP contribution in [-0.2, 0) is 19.1 Å². The molecular weight excluding hydrogens is 294 g/mol. The number of thioether (sulfide) groups is 1. The Labute approximate surface area is 128 Å². The van der Waals surface area contributed by atoms with E-state index in [2.05, 4.69) is 10.4 Å². The molecule has 1 atom stereocenters. The molecule has 118 valence electrons. The van der Waals surface area contributed by atoms with Crippen molar-refractivity contribution in [2.24, 2.45) is 5.10 Å². The van der Waals surface area contributed by atoms with Gasteiger partial charge in [0.15, 0.2) is 5.17 Å². The van der Waals surface area contributed by atoms with Crippen molar-refractivity contribution in [2.45, 2.75) is 58.4 Å². The third-order valence-electron chi connectivity index (χ3n) is 2.43. The van der Waals surface area contributed by atoms with Crippen molar-refractivity contribution in [3.63, 3.8) is 0 Å². The summed E-state index contributed by atoms with van der Waals surface area (Å²) in [6.45, 7) is 9.74. The number of amidine groups is 1. The fourth-order valence-corrected chi connectivity index (χ4v) is 3.01. The number of amides is 2. The second-order valence-electron chi connectivity index (χ2n) is 5.96. The lowest BCUT2D eigenvalue weighted by atomic mass is 10.1. The van der Waals surface area contributed by atoms with E-state index >= 15 is 0 Å². The predicted octanol–water partition coefficient (Wildman–Crippen LogP) is 1.44. The van der Waals surface area contributed by atoms with E-state index in [0.29, 0.717) is 5.17 Å². The number of hydrogen-bond donors (Lipinski definition) is 1. The van der Waals surface area contributed by atoms with Gasteiger partial charge in [-0.3, -0.25) is 14.4 Å². The molecule has 0 bridgehead atoms. The Hall–Kier alpha value is -1.57. The summed E-state index contributed by atoms with van der Waals surface area (Å²) in [5.41, 5.74) is -0.598. The molecule has 0 radical (unpaired) electrons. The summed E-state index contributed by atoms with van der Waals surface area (Å²) < 4.78 is 5.28. The van der Waals surface area contributed by atoms with Crippen molar-refractivity contribution >= 4 is 34.7 Å². The number of esters is 1. The standard InChI is InChI=1S/C13H21N3O4S/c1-8(17)14-11-15-16(9(2)18)13(6,21-11)7-10(19)20-12(3,4)5/h7H2,1-6H3,(H,14,15,17). The highest BCUT2D eigenvalue weighted by Gasteiger charge is 2.44. The maximum absolute atomic E-state index is 12.0. The van der Waals surface area contributed by atoms with E-state index in [9.17, 15) is 14.4 Å². The van der Waals surface area contributed by atoms with Gasteiger partial charge in [-0.2, -0.15) is 0 Å². The Bertz CT molecular complexity index is 498. The molecule has 1 heterocycles. The quantitative estimate of drug-likeness (QED) is 0.779. The molecule has 0 aliphatic carbocycles. The molecule has 1 aliphatic heterocycles. The lowest BCUT2D eigenvalue weighted by Crippen LogP contribution is -2.43. The second-order valence-corrected chi connectivity index (χ2v) is 7.43. The Morgan fingerprint density at radius 1 is 1.33 bits per heavy atom. The van der Waals surface area contributed by atoms with Crippen LogP contribution < -0.4 is 5.32 Å². The molecule has 7 nitrogen and oxygen atoms in total. The highest BCUT2D eigenvalue weighted by Crippen LogP contribution is 2.39. The molecule has 1 unspecified atom stereocenters. The number of hydrazone groups is 1. The van der Waals surface area contributed by atoms with Crippen molar-refractivity contribution in [1.82, 2.24) is 10.3 Å². The molecule has 1 aliphatic rings. The van der Waals surface area contributed by atoms with Crippen LogP contribution in [-0.4, -0.2) is 38.4 Å². The van der Waals surface area contributed by atoms with Gasteiger partial charge >= 0.3 is 5.97 Å². The third kappa shape index (κ3) is 5.04. The zero-order chi connectivity index (χ0) is 16.4. The fourth-order valence-electron chi connectivity index (χ4n) is 1.83. The Kier molecular flexibility index (Phi) is 5.03. The maximum Gasteiger partial charge on any atom is 0.309 e. The molecule has 21 heavy (non-hydrogen) atoms. The van der Waals surface area contributed by atoms with Crippen LogP contribution in [0.25, 0.3) is 0 Å². The van der Waals surface area contributed by atoms with E-state index in [1.165, 1.54) is 18.9 Å². The van der Waals surface area contributed by atoms with E-state index in [1.807, 2.05) is 0 Å². The van der Waals surface area contributed by atoms with E-state index in [0.717, 1.165) is 11.8 Å². The van der Waals surface area contributed by atoms with Gasteiger partial charge in [0.25, 0.3) is 0 Å². The molecule has 0 aromatic carbocycles. The average Bonchev–Trinajstić information content (AvgIpc) is 2.50. The summed E-state index contributed by atoms with van der Waals surface area (Å²) in [6, 6.07) is 0. The Morgan fingerprint density at radius 2 is 1.90 bits per heavy atom. The first kappa shape index (κ1) is 17.5. The first-order valence-electron chi connectivity index (χ1n) is 6.51. The summed E-state index contributed by atoms with van der Waals surface area (Å²) in [6.07, 6.45) is -0.0267. The molecule has 0 fully saturated rings. The minimum absolute atomic E-state index is 0.0267. The summed E-state index contributed by atoms with van der Waals surface area (Å²) in [4.78, 5) is 33.9. The van der Waals surface area contributed by atoms with E-state index in [4.69, 9.17) is 4.74 Å².